The van der Waals surface area contributed by atoms with E-state index < -0.39 is 39.2 Å². The highest BCUT2D eigenvalue weighted by Gasteiger charge is 2.38. The topological polar surface area (TPSA) is 85.2 Å². The lowest BCUT2D eigenvalue weighted by Gasteiger charge is -2.27. The zero-order valence-electron chi connectivity index (χ0n) is 20.8. The van der Waals surface area contributed by atoms with E-state index in [2.05, 4.69) is 15.1 Å². The van der Waals surface area contributed by atoms with Gasteiger partial charge in [0, 0.05) is 19.2 Å². The number of hydrogen-bond donors (Lipinski definition) is 2. The van der Waals surface area contributed by atoms with Crippen LogP contribution in [0.1, 0.15) is 31.9 Å². The van der Waals surface area contributed by atoms with E-state index in [0.717, 1.165) is 12.1 Å². The van der Waals surface area contributed by atoms with Gasteiger partial charge in [-0.25, -0.2) is 17.8 Å². The van der Waals surface area contributed by atoms with Crippen molar-refractivity contribution in [3.8, 4) is 22.9 Å². The van der Waals surface area contributed by atoms with Crippen molar-refractivity contribution in [1.82, 2.24) is 14.5 Å². The largest absolute Gasteiger partial charge is 0.437 e. The SMILES string of the molecule is CCn1nc(-c2cccc(C(C)(C)NS(=O)(=O)CC(F)(F)F)c2)c(NC)c1Oc1ccc(C(F)(F)F)cc1. The van der Waals surface area contributed by atoms with E-state index >= 15 is 0 Å². The Morgan fingerprint density at radius 1 is 0.974 bits per heavy atom. The van der Waals surface area contributed by atoms with Gasteiger partial charge in [0.15, 0.2) is 5.75 Å². The fourth-order valence-electron chi connectivity index (χ4n) is 3.77. The lowest BCUT2D eigenvalue weighted by Crippen LogP contribution is -2.44. The Morgan fingerprint density at radius 3 is 2.13 bits per heavy atom. The van der Waals surface area contributed by atoms with Crippen molar-refractivity contribution in [2.75, 3.05) is 18.1 Å². The first-order valence-corrected chi connectivity index (χ1v) is 12.9. The molecule has 0 aliphatic heterocycles. The highest BCUT2D eigenvalue weighted by Crippen LogP contribution is 2.40. The molecule has 1 heterocycles. The molecule has 7 nitrogen and oxygen atoms in total. The zero-order chi connectivity index (χ0) is 28.5. The number of nitrogens with zero attached hydrogens (tertiary/aromatic N) is 2. The number of aromatic nitrogens is 2. The van der Waals surface area contributed by atoms with E-state index in [1.54, 1.807) is 38.2 Å². The summed E-state index contributed by atoms with van der Waals surface area (Å²) in [7, 11) is -3.09. The van der Waals surface area contributed by atoms with Crippen LogP contribution < -0.4 is 14.8 Å². The van der Waals surface area contributed by atoms with Crippen LogP contribution in [0.2, 0.25) is 0 Å². The van der Waals surface area contributed by atoms with E-state index in [4.69, 9.17) is 4.74 Å². The maximum atomic E-state index is 12.9. The summed E-state index contributed by atoms with van der Waals surface area (Å²) in [4.78, 5) is 0. The summed E-state index contributed by atoms with van der Waals surface area (Å²) in [6.45, 7) is 4.99. The van der Waals surface area contributed by atoms with E-state index in [9.17, 15) is 34.8 Å². The Morgan fingerprint density at radius 2 is 1.61 bits per heavy atom. The minimum absolute atomic E-state index is 0.143. The van der Waals surface area contributed by atoms with E-state index in [-0.39, 0.29) is 11.6 Å². The minimum Gasteiger partial charge on any atom is -0.437 e. The van der Waals surface area contributed by atoms with Crippen molar-refractivity contribution in [2.45, 2.75) is 45.2 Å². The van der Waals surface area contributed by atoms with E-state index in [0.29, 0.717) is 29.1 Å². The molecule has 0 unspecified atom stereocenters. The lowest BCUT2D eigenvalue weighted by atomic mass is 9.93. The smallest absolute Gasteiger partial charge is 0.416 e. The van der Waals surface area contributed by atoms with Crippen LogP contribution in [0.3, 0.4) is 0 Å². The first kappa shape index (κ1) is 29.3. The first-order valence-electron chi connectivity index (χ1n) is 11.3. The molecule has 0 saturated heterocycles. The monoisotopic (exact) mass is 564 g/mol. The Hall–Kier alpha value is -3.26. The molecule has 3 aromatic rings. The molecule has 0 fully saturated rings. The van der Waals surface area contributed by atoms with Gasteiger partial charge in [-0.1, -0.05) is 18.2 Å². The Kier molecular flexibility index (Phi) is 8.08. The van der Waals surface area contributed by atoms with Crippen LogP contribution in [0.25, 0.3) is 11.3 Å². The van der Waals surface area contributed by atoms with Crippen molar-refractivity contribution >= 4 is 15.7 Å². The number of rotatable bonds is 9. The molecule has 0 amide bonds. The number of nitrogens with one attached hydrogen (secondary N) is 2. The zero-order valence-corrected chi connectivity index (χ0v) is 21.6. The van der Waals surface area contributed by atoms with Crippen molar-refractivity contribution in [3.63, 3.8) is 0 Å². The van der Waals surface area contributed by atoms with Crippen LogP contribution in [0.4, 0.5) is 32.0 Å². The van der Waals surface area contributed by atoms with E-state index in [1.807, 2.05) is 0 Å². The molecule has 208 valence electrons. The molecule has 2 aromatic carbocycles. The summed E-state index contributed by atoms with van der Waals surface area (Å²) < 4.78 is 110. The number of hydrogen-bond acceptors (Lipinski definition) is 5. The van der Waals surface area contributed by atoms with Crippen molar-refractivity contribution < 1.29 is 39.5 Å². The molecular formula is C24H26F6N4O3S. The number of alkyl halides is 6. The highest BCUT2D eigenvalue weighted by atomic mass is 32.2. The van der Waals surface area contributed by atoms with Crippen LogP contribution in [0, 0.1) is 0 Å². The Labute approximate surface area is 215 Å². The third-order valence-corrected chi connectivity index (χ3v) is 7.00. The van der Waals surface area contributed by atoms with Crippen LogP contribution in [0.15, 0.2) is 48.5 Å². The summed E-state index contributed by atoms with van der Waals surface area (Å²) in [5.41, 5.74) is -0.564. The van der Waals surface area contributed by atoms with Crippen LogP contribution >= 0.6 is 0 Å². The summed E-state index contributed by atoms with van der Waals surface area (Å²) in [5, 5.41) is 7.50. The summed E-state index contributed by atoms with van der Waals surface area (Å²) in [5.74, 6) is -1.65. The molecule has 2 N–H and O–H groups in total. The maximum absolute atomic E-state index is 12.9. The molecule has 3 rings (SSSR count). The number of aryl methyl sites for hydroxylation is 1. The number of sulfonamides is 1. The summed E-state index contributed by atoms with van der Waals surface area (Å²) in [6, 6.07) is 10.6. The predicted octanol–water partition coefficient (Wildman–Crippen LogP) is 6.14. The van der Waals surface area contributed by atoms with Gasteiger partial charge in [0.05, 0.1) is 11.1 Å². The normalized spacial score (nSPS) is 13.0. The average molecular weight is 565 g/mol. The first-order chi connectivity index (χ1) is 17.5. The summed E-state index contributed by atoms with van der Waals surface area (Å²) >= 11 is 0. The molecule has 1 aromatic heterocycles. The molecule has 0 saturated carbocycles. The molecule has 0 aliphatic carbocycles. The number of anilines is 1. The van der Waals surface area contributed by atoms with Gasteiger partial charge in [0.25, 0.3) is 0 Å². The number of ether oxygens (including phenoxy) is 1. The molecular weight excluding hydrogens is 538 g/mol. The average Bonchev–Trinajstić information content (AvgIpc) is 3.13. The van der Waals surface area contributed by atoms with Crippen LogP contribution in [-0.4, -0.2) is 37.2 Å². The molecule has 0 atom stereocenters. The van der Waals surface area contributed by atoms with Crippen molar-refractivity contribution in [3.05, 3.63) is 59.7 Å². The van der Waals surface area contributed by atoms with Gasteiger partial charge in [0.1, 0.15) is 17.1 Å². The molecule has 0 bridgehead atoms. The van der Waals surface area contributed by atoms with Gasteiger partial charge >= 0.3 is 12.4 Å². The highest BCUT2D eigenvalue weighted by molar-refractivity contribution is 7.89. The fourth-order valence-corrected chi connectivity index (χ4v) is 5.17. The van der Waals surface area contributed by atoms with Crippen molar-refractivity contribution in [2.24, 2.45) is 0 Å². The van der Waals surface area contributed by atoms with Crippen LogP contribution in [0.5, 0.6) is 11.6 Å². The van der Waals surface area contributed by atoms with Gasteiger partial charge in [-0.15, -0.1) is 0 Å². The lowest BCUT2D eigenvalue weighted by molar-refractivity contribution is -0.137. The maximum Gasteiger partial charge on any atom is 0.416 e. The number of halogens is 6. The predicted molar refractivity (Wildman–Crippen MR) is 130 cm³/mol. The fraction of sp³-hybridized carbons (Fsp3) is 0.375. The number of benzene rings is 2. The van der Waals surface area contributed by atoms with Gasteiger partial charge < -0.3 is 10.1 Å². The third-order valence-electron chi connectivity index (χ3n) is 5.47. The van der Waals surface area contributed by atoms with E-state index in [1.165, 1.54) is 30.7 Å². The summed E-state index contributed by atoms with van der Waals surface area (Å²) in [6.07, 6.45) is -9.39. The minimum atomic E-state index is -4.90. The van der Waals surface area contributed by atoms with Crippen LogP contribution in [-0.2, 0) is 28.3 Å². The standard InChI is InChI=1S/C24H26F6N4O3S/c1-5-34-21(37-18-11-9-16(10-12-18)24(28,29)30)20(31-4)19(32-34)15-7-6-8-17(13-15)22(2,3)33-38(35,36)14-23(25,26)27/h6-13,31,33H,5,14H2,1-4H3. The quantitative estimate of drug-likeness (QED) is 0.305. The molecule has 0 spiro atoms. The van der Waals surface area contributed by atoms with Crippen molar-refractivity contribution in [1.29, 1.82) is 0 Å². The van der Waals surface area contributed by atoms with Gasteiger partial charge in [-0.2, -0.15) is 31.4 Å². The van der Waals surface area contributed by atoms with Gasteiger partial charge in [-0.05, 0) is 56.7 Å². The Bertz CT molecular complexity index is 1380. The molecule has 0 radical (unpaired) electrons. The second-order valence-electron chi connectivity index (χ2n) is 8.90. The Balaban J connectivity index is 1.98. The second kappa shape index (κ2) is 10.5. The molecule has 14 heteroatoms. The molecule has 38 heavy (non-hydrogen) atoms. The second-order valence-corrected chi connectivity index (χ2v) is 10.6. The third kappa shape index (κ3) is 6.98. The van der Waals surface area contributed by atoms with Gasteiger partial charge in [-0.3, -0.25) is 0 Å². The molecule has 0 aliphatic rings. The van der Waals surface area contributed by atoms with Gasteiger partial charge in [0.2, 0.25) is 15.9 Å².